The lowest BCUT2D eigenvalue weighted by atomic mass is 10.1. The van der Waals surface area contributed by atoms with Crippen molar-refractivity contribution in [3.05, 3.63) is 54.3 Å². The van der Waals surface area contributed by atoms with Gasteiger partial charge in [0.05, 0.1) is 11.4 Å². The number of hydrogen-bond acceptors (Lipinski definition) is 4. The van der Waals surface area contributed by atoms with Crippen LogP contribution in [0.5, 0.6) is 5.75 Å². The van der Waals surface area contributed by atoms with Crippen LogP contribution >= 0.6 is 0 Å². The van der Waals surface area contributed by atoms with E-state index in [2.05, 4.69) is 10.0 Å². The van der Waals surface area contributed by atoms with Gasteiger partial charge in [0.15, 0.2) is 11.6 Å². The first-order chi connectivity index (χ1) is 13.5. The monoisotopic (exact) mass is 423 g/mol. The van der Waals surface area contributed by atoms with Crippen LogP contribution in [-0.4, -0.2) is 45.1 Å². The molecule has 2 amide bonds. The highest BCUT2D eigenvalue weighted by atomic mass is 32.2. The number of ether oxygens (including phenoxy) is 1. The number of anilines is 1. The number of hydrogen-bond donors (Lipinski definition) is 2. The van der Waals surface area contributed by atoms with Crippen molar-refractivity contribution in [3.8, 4) is 5.75 Å². The second kappa shape index (κ2) is 9.23. The maximum absolute atomic E-state index is 13.5. The van der Waals surface area contributed by atoms with Crippen LogP contribution in [0.25, 0.3) is 0 Å². The quantitative estimate of drug-likeness (QED) is 0.714. The average molecular weight is 424 g/mol. The van der Waals surface area contributed by atoms with Crippen LogP contribution in [-0.2, 0) is 10.0 Å². The van der Waals surface area contributed by atoms with E-state index in [-0.39, 0.29) is 23.8 Å². The van der Waals surface area contributed by atoms with Gasteiger partial charge in [-0.25, -0.2) is 22.3 Å². The molecule has 9 heteroatoms. The summed E-state index contributed by atoms with van der Waals surface area (Å²) < 4.78 is 46.3. The van der Waals surface area contributed by atoms with E-state index in [1.165, 1.54) is 29.2 Å². The lowest BCUT2D eigenvalue weighted by Crippen LogP contribution is -2.40. The molecule has 2 rings (SSSR count). The Labute approximate surface area is 170 Å². The van der Waals surface area contributed by atoms with Crippen molar-refractivity contribution in [3.63, 3.8) is 0 Å². The smallest absolute Gasteiger partial charge is 0.321 e. The molecule has 2 N–H and O–H groups in total. The van der Waals surface area contributed by atoms with Crippen LogP contribution in [0.2, 0.25) is 0 Å². The van der Waals surface area contributed by atoms with Gasteiger partial charge >= 0.3 is 6.03 Å². The second-order valence-electron chi connectivity index (χ2n) is 7.51. The van der Waals surface area contributed by atoms with Gasteiger partial charge in [0.2, 0.25) is 10.0 Å². The largest absolute Gasteiger partial charge is 0.489 e. The van der Waals surface area contributed by atoms with Crippen LogP contribution in [0.4, 0.5) is 14.9 Å². The van der Waals surface area contributed by atoms with Gasteiger partial charge in [-0.15, -0.1) is 0 Å². The van der Waals surface area contributed by atoms with Crippen molar-refractivity contribution >= 4 is 21.7 Å². The summed E-state index contributed by atoms with van der Waals surface area (Å²) in [7, 11) is -2.16. The van der Waals surface area contributed by atoms with Crippen molar-refractivity contribution < 1.29 is 22.3 Å². The van der Waals surface area contributed by atoms with Gasteiger partial charge in [-0.1, -0.05) is 18.2 Å². The van der Waals surface area contributed by atoms with E-state index in [1.807, 2.05) is 0 Å². The number of sulfonamides is 1. The van der Waals surface area contributed by atoms with Crippen molar-refractivity contribution in [2.45, 2.75) is 31.2 Å². The summed E-state index contributed by atoms with van der Waals surface area (Å²) in [5.74, 6) is -0.355. The number of para-hydroxylation sites is 1. The highest BCUT2D eigenvalue weighted by molar-refractivity contribution is 7.89. The molecule has 0 aliphatic heterocycles. The van der Waals surface area contributed by atoms with E-state index >= 15 is 0 Å². The molecule has 0 heterocycles. The van der Waals surface area contributed by atoms with Crippen LogP contribution in [0.1, 0.15) is 20.8 Å². The van der Waals surface area contributed by atoms with Gasteiger partial charge in [0.25, 0.3) is 0 Å². The molecule has 0 atom stereocenters. The molecule has 2 aromatic carbocycles. The van der Waals surface area contributed by atoms with Crippen molar-refractivity contribution in [1.29, 1.82) is 0 Å². The molecular weight excluding hydrogens is 397 g/mol. The number of likely N-dealkylation sites (N-methyl/N-ethyl adjacent to an activating group) is 1. The van der Waals surface area contributed by atoms with Crippen LogP contribution < -0.4 is 14.8 Å². The summed E-state index contributed by atoms with van der Waals surface area (Å²) >= 11 is 0. The molecule has 29 heavy (non-hydrogen) atoms. The molecule has 0 radical (unpaired) electrons. The van der Waals surface area contributed by atoms with Crippen molar-refractivity contribution in [2.75, 3.05) is 25.5 Å². The number of carbonyl (C=O) groups excluding carboxylic acids is 1. The van der Waals surface area contributed by atoms with Crippen LogP contribution in [0, 0.1) is 5.82 Å². The third-order valence-corrected chi connectivity index (χ3v) is 5.46. The number of carbonyl (C=O) groups is 1. The SMILES string of the molecule is CN(CCOc1ccccc1F)C(=O)Nc1cccc(S(=O)(=O)NC(C)(C)C)c1. The fourth-order valence-electron chi connectivity index (χ4n) is 2.38. The molecular formula is C20H26FN3O4S. The lowest BCUT2D eigenvalue weighted by molar-refractivity contribution is 0.206. The highest BCUT2D eigenvalue weighted by Gasteiger charge is 2.22. The molecule has 0 aliphatic rings. The Hall–Kier alpha value is -2.65. The van der Waals surface area contributed by atoms with Crippen LogP contribution in [0.3, 0.4) is 0 Å². The Morgan fingerprint density at radius 2 is 1.83 bits per heavy atom. The number of halogens is 1. The summed E-state index contributed by atoms with van der Waals surface area (Å²) in [4.78, 5) is 13.7. The first-order valence-electron chi connectivity index (χ1n) is 9.01. The molecule has 2 aromatic rings. The maximum atomic E-state index is 13.5. The molecule has 0 fully saturated rings. The van der Waals surface area contributed by atoms with E-state index in [0.717, 1.165) is 0 Å². The predicted molar refractivity (Wildman–Crippen MR) is 110 cm³/mol. The summed E-state index contributed by atoms with van der Waals surface area (Å²) in [6.45, 7) is 5.55. The van der Waals surface area contributed by atoms with E-state index in [1.54, 1.807) is 52.1 Å². The van der Waals surface area contributed by atoms with Gasteiger partial charge < -0.3 is 15.0 Å². The molecule has 0 spiro atoms. The number of rotatable bonds is 7. The normalized spacial score (nSPS) is 11.8. The zero-order chi connectivity index (χ0) is 21.7. The first-order valence-corrected chi connectivity index (χ1v) is 10.5. The second-order valence-corrected chi connectivity index (χ2v) is 9.20. The fourth-order valence-corrected chi connectivity index (χ4v) is 3.84. The summed E-state index contributed by atoms with van der Waals surface area (Å²) in [5.41, 5.74) is -0.287. The van der Waals surface area contributed by atoms with E-state index in [0.29, 0.717) is 5.69 Å². The van der Waals surface area contributed by atoms with E-state index < -0.39 is 27.4 Å². The van der Waals surface area contributed by atoms with Crippen molar-refractivity contribution in [2.24, 2.45) is 0 Å². The standard InChI is InChI=1S/C20H26FN3O4S/c1-20(2,3)23-29(26,27)16-9-7-8-15(14-16)22-19(25)24(4)12-13-28-18-11-6-5-10-17(18)21/h5-11,14,23H,12-13H2,1-4H3,(H,22,25). The zero-order valence-corrected chi connectivity index (χ0v) is 17.7. The average Bonchev–Trinajstić information content (AvgIpc) is 2.61. The Kier molecular flexibility index (Phi) is 7.21. The summed E-state index contributed by atoms with van der Waals surface area (Å²) in [5, 5.41) is 2.64. The van der Waals surface area contributed by atoms with Gasteiger partial charge in [-0.05, 0) is 51.1 Å². The zero-order valence-electron chi connectivity index (χ0n) is 16.9. The van der Waals surface area contributed by atoms with E-state index in [4.69, 9.17) is 4.74 Å². The Balaban J connectivity index is 1.95. The Bertz CT molecular complexity index is 958. The van der Waals surface area contributed by atoms with E-state index in [9.17, 15) is 17.6 Å². The number of urea groups is 1. The van der Waals surface area contributed by atoms with Crippen LogP contribution in [0.15, 0.2) is 53.4 Å². The number of benzene rings is 2. The highest BCUT2D eigenvalue weighted by Crippen LogP contribution is 2.18. The first kappa shape index (κ1) is 22.6. The third-order valence-electron chi connectivity index (χ3n) is 3.70. The Morgan fingerprint density at radius 3 is 2.48 bits per heavy atom. The molecule has 158 valence electrons. The van der Waals surface area contributed by atoms with Gasteiger partial charge in [-0.3, -0.25) is 0 Å². The topological polar surface area (TPSA) is 87.7 Å². The fraction of sp³-hybridized carbons (Fsp3) is 0.350. The molecule has 0 saturated carbocycles. The minimum absolute atomic E-state index is 0.0516. The molecule has 0 saturated heterocycles. The van der Waals surface area contributed by atoms with Gasteiger partial charge in [0, 0.05) is 18.3 Å². The minimum atomic E-state index is -3.72. The lowest BCUT2D eigenvalue weighted by Gasteiger charge is -2.21. The molecule has 7 nitrogen and oxygen atoms in total. The number of nitrogens with one attached hydrogen (secondary N) is 2. The number of amides is 2. The maximum Gasteiger partial charge on any atom is 0.321 e. The molecule has 0 unspecified atom stereocenters. The van der Waals surface area contributed by atoms with Gasteiger partial charge in [0.1, 0.15) is 6.61 Å². The summed E-state index contributed by atoms with van der Waals surface area (Å²) in [6, 6.07) is 11.6. The predicted octanol–water partition coefficient (Wildman–Crippen LogP) is 3.45. The molecule has 0 aromatic heterocycles. The third kappa shape index (κ3) is 7.03. The minimum Gasteiger partial charge on any atom is -0.489 e. The van der Waals surface area contributed by atoms with Crippen molar-refractivity contribution in [1.82, 2.24) is 9.62 Å². The van der Waals surface area contributed by atoms with Gasteiger partial charge in [-0.2, -0.15) is 0 Å². The molecule has 0 bridgehead atoms. The Morgan fingerprint density at radius 1 is 1.14 bits per heavy atom. The summed E-state index contributed by atoms with van der Waals surface area (Å²) in [6.07, 6.45) is 0. The molecule has 0 aliphatic carbocycles. The number of nitrogens with zero attached hydrogens (tertiary/aromatic N) is 1.